The Kier molecular flexibility index (Phi) is 8.30. The van der Waals surface area contributed by atoms with Gasteiger partial charge >= 0.3 is 0 Å². The van der Waals surface area contributed by atoms with Crippen LogP contribution >= 0.6 is 23.2 Å². The van der Waals surface area contributed by atoms with Gasteiger partial charge in [-0.25, -0.2) is 4.68 Å². The Hall–Kier alpha value is -2.34. The predicted molar refractivity (Wildman–Crippen MR) is 140 cm³/mol. The van der Waals surface area contributed by atoms with Gasteiger partial charge in [-0.1, -0.05) is 66.7 Å². The third-order valence-corrected chi connectivity index (χ3v) is 7.25. The van der Waals surface area contributed by atoms with Crippen molar-refractivity contribution in [1.29, 1.82) is 0 Å². The number of benzene rings is 2. The van der Waals surface area contributed by atoms with E-state index >= 15 is 0 Å². The van der Waals surface area contributed by atoms with E-state index in [9.17, 15) is 4.79 Å². The molecule has 5 rings (SSSR count). The molecule has 180 valence electrons. The van der Waals surface area contributed by atoms with Gasteiger partial charge in [0.25, 0.3) is 5.91 Å². The molecule has 1 aliphatic carbocycles. The Bertz CT molecular complexity index is 1120. The SMILES string of the molecule is C1CCNCC1.Cc1c(C(N)=O)nn(-c2ccc(Cl)cc2Cl)c1-c1ccc(C2CCCC2)cc1. The molecule has 1 saturated heterocycles. The van der Waals surface area contributed by atoms with Gasteiger partial charge in [-0.3, -0.25) is 4.79 Å². The minimum Gasteiger partial charge on any atom is -0.364 e. The van der Waals surface area contributed by atoms with Crippen LogP contribution in [-0.2, 0) is 0 Å². The topological polar surface area (TPSA) is 72.9 Å². The highest BCUT2D eigenvalue weighted by atomic mass is 35.5. The summed E-state index contributed by atoms with van der Waals surface area (Å²) in [7, 11) is 0. The van der Waals surface area contributed by atoms with Gasteiger partial charge in [0.1, 0.15) is 0 Å². The Morgan fingerprint density at radius 1 is 1.00 bits per heavy atom. The fraction of sp³-hybridized carbons (Fsp3) is 0.407. The van der Waals surface area contributed by atoms with Gasteiger partial charge in [-0.15, -0.1) is 0 Å². The molecule has 3 aromatic rings. The smallest absolute Gasteiger partial charge is 0.269 e. The van der Waals surface area contributed by atoms with Crippen LogP contribution in [0, 0.1) is 6.92 Å². The van der Waals surface area contributed by atoms with Gasteiger partial charge in [0, 0.05) is 16.1 Å². The number of nitrogens with two attached hydrogens (primary N) is 1. The quantitative estimate of drug-likeness (QED) is 0.421. The van der Waals surface area contributed by atoms with E-state index in [0.29, 0.717) is 21.7 Å². The first-order chi connectivity index (χ1) is 16.5. The van der Waals surface area contributed by atoms with Crippen molar-refractivity contribution in [3.8, 4) is 16.9 Å². The molecule has 0 unspecified atom stereocenters. The lowest BCUT2D eigenvalue weighted by Gasteiger charge is -2.13. The molecule has 2 aliphatic rings. The normalized spacial score (nSPS) is 16.2. The molecule has 3 N–H and O–H groups in total. The van der Waals surface area contributed by atoms with Gasteiger partial charge in [0.2, 0.25) is 0 Å². The molecule has 2 heterocycles. The van der Waals surface area contributed by atoms with E-state index in [-0.39, 0.29) is 5.69 Å². The van der Waals surface area contributed by atoms with Crippen LogP contribution in [0.3, 0.4) is 0 Å². The van der Waals surface area contributed by atoms with Crippen LogP contribution < -0.4 is 11.1 Å². The molecule has 2 fully saturated rings. The summed E-state index contributed by atoms with van der Waals surface area (Å²) in [5, 5.41) is 8.74. The molecule has 1 amide bonds. The minimum absolute atomic E-state index is 0.237. The van der Waals surface area contributed by atoms with Gasteiger partial charge < -0.3 is 11.1 Å². The molecule has 0 atom stereocenters. The van der Waals surface area contributed by atoms with Crippen LogP contribution in [0.4, 0.5) is 0 Å². The van der Waals surface area contributed by atoms with Crippen molar-refractivity contribution in [2.24, 2.45) is 5.73 Å². The molecule has 1 aromatic heterocycles. The fourth-order valence-corrected chi connectivity index (χ4v) is 5.36. The first kappa shape index (κ1) is 24.8. The lowest BCUT2D eigenvalue weighted by Crippen LogP contribution is -2.21. The number of hydrogen-bond acceptors (Lipinski definition) is 3. The molecule has 1 aliphatic heterocycles. The lowest BCUT2D eigenvalue weighted by atomic mass is 9.95. The maximum Gasteiger partial charge on any atom is 0.269 e. The van der Waals surface area contributed by atoms with E-state index in [4.69, 9.17) is 28.9 Å². The standard InChI is InChI=1S/C22H21Cl2N3O.C5H11N/c1-13-20(22(25)28)26-27(19-11-10-17(23)12-18(19)24)21(13)16-8-6-15(7-9-16)14-4-2-3-5-14;1-2-4-6-5-3-1/h6-12,14H,2-5H2,1H3,(H2,25,28);6H,1-5H2. The van der Waals surface area contributed by atoms with Crippen molar-refractivity contribution in [2.45, 2.75) is 57.8 Å². The summed E-state index contributed by atoms with van der Waals surface area (Å²) in [6, 6.07) is 13.7. The zero-order chi connectivity index (χ0) is 24.1. The van der Waals surface area contributed by atoms with Crippen molar-refractivity contribution in [1.82, 2.24) is 15.1 Å². The van der Waals surface area contributed by atoms with Gasteiger partial charge in [-0.2, -0.15) is 5.10 Å². The molecule has 1 saturated carbocycles. The highest BCUT2D eigenvalue weighted by molar-refractivity contribution is 6.35. The monoisotopic (exact) mass is 498 g/mol. The number of aromatic nitrogens is 2. The van der Waals surface area contributed by atoms with Crippen LogP contribution in [0.1, 0.15) is 72.5 Å². The maximum absolute atomic E-state index is 11.9. The predicted octanol–water partition coefficient (Wildman–Crippen LogP) is 6.67. The second-order valence-electron chi connectivity index (χ2n) is 9.11. The summed E-state index contributed by atoms with van der Waals surface area (Å²) < 4.78 is 1.68. The number of nitrogens with zero attached hydrogens (tertiary/aromatic N) is 2. The number of carbonyl (C=O) groups is 1. The van der Waals surface area contributed by atoms with E-state index in [0.717, 1.165) is 16.8 Å². The summed E-state index contributed by atoms with van der Waals surface area (Å²) in [5.74, 6) is 0.0807. The number of rotatable bonds is 4. The van der Waals surface area contributed by atoms with Crippen LogP contribution in [0.15, 0.2) is 42.5 Å². The fourth-order valence-electron chi connectivity index (χ4n) is 4.87. The molecule has 0 spiro atoms. The van der Waals surface area contributed by atoms with Gasteiger partial charge in [-0.05, 0) is 75.4 Å². The Labute approximate surface area is 211 Å². The highest BCUT2D eigenvalue weighted by Gasteiger charge is 2.22. The Balaban J connectivity index is 0.000000398. The summed E-state index contributed by atoms with van der Waals surface area (Å²) in [4.78, 5) is 11.9. The number of carbonyl (C=O) groups excluding carboxylic acids is 1. The third-order valence-electron chi connectivity index (χ3n) is 6.71. The summed E-state index contributed by atoms with van der Waals surface area (Å²) >= 11 is 12.5. The largest absolute Gasteiger partial charge is 0.364 e. The zero-order valence-corrected chi connectivity index (χ0v) is 21.1. The zero-order valence-electron chi connectivity index (χ0n) is 19.6. The van der Waals surface area contributed by atoms with Crippen molar-refractivity contribution in [3.05, 3.63) is 69.3 Å². The van der Waals surface area contributed by atoms with Crippen molar-refractivity contribution in [2.75, 3.05) is 13.1 Å². The second kappa shape index (κ2) is 11.4. The molecular weight excluding hydrogens is 467 g/mol. The average Bonchev–Trinajstić information content (AvgIpc) is 3.49. The van der Waals surface area contributed by atoms with Crippen molar-refractivity contribution < 1.29 is 4.79 Å². The number of halogens is 2. The lowest BCUT2D eigenvalue weighted by molar-refractivity contribution is 0.0994. The van der Waals surface area contributed by atoms with E-state index < -0.39 is 5.91 Å². The van der Waals surface area contributed by atoms with Gasteiger partial charge in [0.05, 0.1) is 16.4 Å². The summed E-state index contributed by atoms with van der Waals surface area (Å²) in [6.07, 6.45) is 9.32. The van der Waals surface area contributed by atoms with E-state index in [2.05, 4.69) is 34.7 Å². The minimum atomic E-state index is -0.565. The third kappa shape index (κ3) is 5.65. The molecule has 34 heavy (non-hydrogen) atoms. The highest BCUT2D eigenvalue weighted by Crippen LogP contribution is 2.36. The molecule has 7 heteroatoms. The molecular formula is C27H32Cl2N4O. The molecule has 0 bridgehead atoms. The second-order valence-corrected chi connectivity index (χ2v) is 9.95. The van der Waals surface area contributed by atoms with Crippen molar-refractivity contribution in [3.63, 3.8) is 0 Å². The molecule has 0 radical (unpaired) electrons. The van der Waals surface area contributed by atoms with Crippen LogP contribution in [-0.4, -0.2) is 28.8 Å². The molecule has 2 aromatic carbocycles. The Morgan fingerprint density at radius 3 is 2.21 bits per heavy atom. The van der Waals surface area contributed by atoms with Crippen molar-refractivity contribution >= 4 is 29.1 Å². The maximum atomic E-state index is 11.9. The summed E-state index contributed by atoms with van der Waals surface area (Å²) in [5.41, 5.74) is 10.3. The van der Waals surface area contributed by atoms with Crippen LogP contribution in [0.2, 0.25) is 10.0 Å². The van der Waals surface area contributed by atoms with E-state index in [1.807, 2.05) is 6.92 Å². The van der Waals surface area contributed by atoms with Crippen LogP contribution in [0.5, 0.6) is 0 Å². The summed E-state index contributed by atoms with van der Waals surface area (Å²) in [6.45, 7) is 4.35. The number of piperidine rings is 1. The van der Waals surface area contributed by atoms with E-state index in [1.54, 1.807) is 22.9 Å². The number of nitrogens with one attached hydrogen (secondary N) is 1. The number of amides is 1. The first-order valence-corrected chi connectivity index (χ1v) is 12.9. The number of primary amides is 1. The first-order valence-electron chi connectivity index (χ1n) is 12.1. The number of hydrogen-bond donors (Lipinski definition) is 2. The Morgan fingerprint density at radius 2 is 1.68 bits per heavy atom. The average molecular weight is 499 g/mol. The van der Waals surface area contributed by atoms with E-state index in [1.165, 1.54) is 63.6 Å². The molecule has 5 nitrogen and oxygen atoms in total. The van der Waals surface area contributed by atoms with Gasteiger partial charge in [0.15, 0.2) is 5.69 Å². The van der Waals surface area contributed by atoms with Crippen LogP contribution in [0.25, 0.3) is 16.9 Å².